The number of nitrogens with one attached hydrogen (secondary N) is 1. The molecule has 1 N–H and O–H groups in total. The Labute approximate surface area is 144 Å². The average Bonchev–Trinajstić information content (AvgIpc) is 2.90. The highest BCUT2D eigenvalue weighted by atomic mass is 35.5. The van der Waals surface area contributed by atoms with Gasteiger partial charge in [0.25, 0.3) is 5.91 Å². The molecule has 3 rings (SSSR count). The number of carbonyl (C=O) groups is 2. The third-order valence-electron chi connectivity index (χ3n) is 3.67. The molecule has 0 bridgehead atoms. The summed E-state index contributed by atoms with van der Waals surface area (Å²) in [5, 5.41) is 3.26. The van der Waals surface area contributed by atoms with Crippen LogP contribution in [0.1, 0.15) is 28.4 Å². The quantitative estimate of drug-likeness (QED) is 0.860. The summed E-state index contributed by atoms with van der Waals surface area (Å²) in [6.45, 7) is 3.96. The second-order valence-corrected chi connectivity index (χ2v) is 5.70. The van der Waals surface area contributed by atoms with Crippen LogP contribution in [0.15, 0.2) is 41.4 Å². The van der Waals surface area contributed by atoms with Crippen molar-refractivity contribution in [2.24, 2.45) is 4.99 Å². The van der Waals surface area contributed by atoms with E-state index in [1.165, 1.54) is 0 Å². The zero-order chi connectivity index (χ0) is 17.3. The van der Waals surface area contributed by atoms with E-state index in [9.17, 15) is 9.59 Å². The second kappa shape index (κ2) is 6.45. The van der Waals surface area contributed by atoms with Crippen molar-refractivity contribution < 1.29 is 14.3 Å². The molecule has 1 heterocycles. The van der Waals surface area contributed by atoms with Crippen molar-refractivity contribution in [2.75, 3.05) is 11.9 Å². The number of benzene rings is 2. The number of amides is 1. The maximum Gasteiger partial charge on any atom is 0.338 e. The van der Waals surface area contributed by atoms with Gasteiger partial charge in [-0.2, -0.15) is 0 Å². The van der Waals surface area contributed by atoms with Crippen molar-refractivity contribution in [1.82, 2.24) is 0 Å². The van der Waals surface area contributed by atoms with Crippen LogP contribution in [0.3, 0.4) is 0 Å². The molecule has 1 aliphatic heterocycles. The minimum atomic E-state index is -0.390. The van der Waals surface area contributed by atoms with Gasteiger partial charge in [-0.3, -0.25) is 4.79 Å². The van der Waals surface area contributed by atoms with Gasteiger partial charge in [-0.25, -0.2) is 9.79 Å². The second-order valence-electron chi connectivity index (χ2n) is 5.30. The Balaban J connectivity index is 1.97. The molecule has 0 saturated carbocycles. The van der Waals surface area contributed by atoms with Crippen molar-refractivity contribution in [3.63, 3.8) is 0 Å². The Morgan fingerprint density at radius 1 is 1.21 bits per heavy atom. The molecule has 0 aliphatic carbocycles. The van der Waals surface area contributed by atoms with E-state index in [2.05, 4.69) is 10.3 Å². The number of anilines is 1. The van der Waals surface area contributed by atoms with Gasteiger partial charge in [0.15, 0.2) is 0 Å². The standard InChI is InChI=1S/C18H15ClN2O3/c1-3-24-18(23)11-5-7-12(8-6-11)20-16-14-13(19)9-4-10(2)15(14)21-17(16)22/h4-9H,3H2,1-2H3,(H,20,21,22). The van der Waals surface area contributed by atoms with Crippen molar-refractivity contribution in [2.45, 2.75) is 13.8 Å². The number of aliphatic imine (C=N–C) groups is 1. The predicted octanol–water partition coefficient (Wildman–Crippen LogP) is 3.90. The number of hydrogen-bond donors (Lipinski definition) is 1. The molecular formula is C18H15ClN2O3. The number of fused-ring (bicyclic) bond motifs is 1. The number of carbonyl (C=O) groups excluding carboxylic acids is 2. The van der Waals surface area contributed by atoms with E-state index in [1.54, 1.807) is 37.3 Å². The van der Waals surface area contributed by atoms with Crippen LogP contribution in [0, 0.1) is 6.92 Å². The molecule has 0 atom stereocenters. The summed E-state index contributed by atoms with van der Waals surface area (Å²) in [6.07, 6.45) is 0. The summed E-state index contributed by atoms with van der Waals surface area (Å²) in [7, 11) is 0. The maximum atomic E-state index is 12.2. The number of rotatable bonds is 3. The third-order valence-corrected chi connectivity index (χ3v) is 3.99. The first-order valence-electron chi connectivity index (χ1n) is 7.48. The van der Waals surface area contributed by atoms with Gasteiger partial charge in [0.05, 0.1) is 28.6 Å². The van der Waals surface area contributed by atoms with E-state index in [0.29, 0.717) is 34.1 Å². The van der Waals surface area contributed by atoms with Crippen LogP contribution >= 0.6 is 11.6 Å². The molecule has 5 nitrogen and oxygen atoms in total. The summed E-state index contributed by atoms with van der Waals surface area (Å²) in [6, 6.07) is 10.1. The molecule has 0 radical (unpaired) electrons. The Bertz CT molecular complexity index is 857. The maximum absolute atomic E-state index is 12.2. The topological polar surface area (TPSA) is 67.8 Å². The number of halogens is 1. The van der Waals surface area contributed by atoms with E-state index in [-0.39, 0.29) is 17.6 Å². The molecular weight excluding hydrogens is 328 g/mol. The van der Waals surface area contributed by atoms with Crippen LogP contribution < -0.4 is 5.32 Å². The van der Waals surface area contributed by atoms with Crippen LogP contribution in [0.4, 0.5) is 11.4 Å². The third kappa shape index (κ3) is 2.90. The first-order chi connectivity index (χ1) is 11.5. The first-order valence-corrected chi connectivity index (χ1v) is 7.85. The lowest BCUT2D eigenvalue weighted by molar-refractivity contribution is -0.110. The Morgan fingerprint density at radius 2 is 1.92 bits per heavy atom. The normalized spacial score (nSPS) is 14.5. The predicted molar refractivity (Wildman–Crippen MR) is 93.4 cm³/mol. The van der Waals surface area contributed by atoms with E-state index >= 15 is 0 Å². The number of aryl methyl sites for hydroxylation is 1. The van der Waals surface area contributed by atoms with Crippen LogP contribution in [0.25, 0.3) is 0 Å². The lowest BCUT2D eigenvalue weighted by Crippen LogP contribution is -2.14. The fourth-order valence-corrected chi connectivity index (χ4v) is 2.73. The van der Waals surface area contributed by atoms with E-state index in [1.807, 2.05) is 13.0 Å². The van der Waals surface area contributed by atoms with Crippen LogP contribution in [-0.2, 0) is 9.53 Å². The van der Waals surface area contributed by atoms with Crippen molar-refractivity contribution in [3.05, 3.63) is 58.1 Å². The van der Waals surface area contributed by atoms with Crippen molar-refractivity contribution in [1.29, 1.82) is 0 Å². The van der Waals surface area contributed by atoms with Crippen molar-refractivity contribution >= 4 is 40.6 Å². The molecule has 0 saturated heterocycles. The van der Waals surface area contributed by atoms with Gasteiger partial charge >= 0.3 is 5.97 Å². The molecule has 0 fully saturated rings. The Morgan fingerprint density at radius 3 is 2.58 bits per heavy atom. The lowest BCUT2D eigenvalue weighted by Gasteiger charge is -2.04. The Kier molecular flexibility index (Phi) is 4.36. The van der Waals surface area contributed by atoms with Crippen LogP contribution in [0.5, 0.6) is 0 Å². The van der Waals surface area contributed by atoms with E-state index < -0.39 is 0 Å². The lowest BCUT2D eigenvalue weighted by atomic mass is 10.1. The number of ether oxygens (including phenoxy) is 1. The Hall–Kier alpha value is -2.66. The zero-order valence-corrected chi connectivity index (χ0v) is 14.0. The van der Waals surface area contributed by atoms with E-state index in [4.69, 9.17) is 16.3 Å². The highest BCUT2D eigenvalue weighted by Crippen LogP contribution is 2.34. The highest BCUT2D eigenvalue weighted by molar-refractivity contribution is 6.57. The molecule has 2 aromatic rings. The molecule has 0 aromatic heterocycles. The summed E-state index contributed by atoms with van der Waals surface area (Å²) in [4.78, 5) is 28.3. The molecule has 0 spiro atoms. The molecule has 2 aromatic carbocycles. The van der Waals surface area contributed by atoms with E-state index in [0.717, 1.165) is 5.56 Å². The number of nitrogens with zero attached hydrogens (tertiary/aromatic N) is 1. The highest BCUT2D eigenvalue weighted by Gasteiger charge is 2.29. The summed E-state index contributed by atoms with van der Waals surface area (Å²) < 4.78 is 4.94. The first kappa shape index (κ1) is 16.2. The number of hydrogen-bond acceptors (Lipinski definition) is 4. The monoisotopic (exact) mass is 342 g/mol. The molecule has 0 unspecified atom stereocenters. The molecule has 1 amide bonds. The van der Waals surface area contributed by atoms with Gasteiger partial charge in [0.1, 0.15) is 5.71 Å². The minimum absolute atomic E-state index is 0.266. The van der Waals surface area contributed by atoms with Gasteiger partial charge in [0, 0.05) is 5.56 Å². The smallest absolute Gasteiger partial charge is 0.338 e. The van der Waals surface area contributed by atoms with Gasteiger partial charge < -0.3 is 10.1 Å². The summed E-state index contributed by atoms with van der Waals surface area (Å²) >= 11 is 6.24. The summed E-state index contributed by atoms with van der Waals surface area (Å²) in [5.41, 5.74) is 3.48. The van der Waals surface area contributed by atoms with Gasteiger partial charge in [-0.15, -0.1) is 0 Å². The van der Waals surface area contributed by atoms with Crippen LogP contribution in [0.2, 0.25) is 5.02 Å². The zero-order valence-electron chi connectivity index (χ0n) is 13.2. The average molecular weight is 343 g/mol. The van der Waals surface area contributed by atoms with Crippen molar-refractivity contribution in [3.8, 4) is 0 Å². The fraction of sp³-hybridized carbons (Fsp3) is 0.167. The molecule has 122 valence electrons. The van der Waals surface area contributed by atoms with Crippen LogP contribution in [-0.4, -0.2) is 24.2 Å². The van der Waals surface area contributed by atoms with Gasteiger partial charge in [0.2, 0.25) is 0 Å². The largest absolute Gasteiger partial charge is 0.462 e. The SMILES string of the molecule is CCOC(=O)c1ccc(N=C2C(=O)Nc3c(C)ccc(Cl)c32)cc1. The minimum Gasteiger partial charge on any atom is -0.462 e. The molecule has 24 heavy (non-hydrogen) atoms. The number of esters is 1. The fourth-order valence-electron chi connectivity index (χ4n) is 2.48. The molecule has 1 aliphatic rings. The van der Waals surface area contributed by atoms with Gasteiger partial charge in [-0.1, -0.05) is 17.7 Å². The molecule has 6 heteroatoms. The summed E-state index contributed by atoms with van der Waals surface area (Å²) in [5.74, 6) is -0.685. The van der Waals surface area contributed by atoms with Gasteiger partial charge in [-0.05, 0) is 49.7 Å².